The summed E-state index contributed by atoms with van der Waals surface area (Å²) in [4.78, 5) is 0. The summed E-state index contributed by atoms with van der Waals surface area (Å²) >= 11 is 5.73. The zero-order chi connectivity index (χ0) is 9.26. The molecule has 1 fully saturated rings. The summed E-state index contributed by atoms with van der Waals surface area (Å²) in [5.41, 5.74) is 0.850. The molecule has 2 rings (SSSR count). The molecule has 3 heteroatoms. The first-order chi connectivity index (χ1) is 6.25. The first kappa shape index (κ1) is 8.97. The molecule has 1 aliphatic rings. The molecule has 0 amide bonds. The van der Waals surface area contributed by atoms with Gasteiger partial charge >= 0.3 is 0 Å². The Labute approximate surface area is 81.5 Å². The van der Waals surface area contributed by atoms with Gasteiger partial charge in [0.2, 0.25) is 0 Å². The van der Waals surface area contributed by atoms with E-state index < -0.39 is 0 Å². The third-order valence-corrected chi connectivity index (χ3v) is 2.40. The van der Waals surface area contributed by atoms with Crippen molar-refractivity contribution in [2.75, 3.05) is 6.61 Å². The molecule has 0 N–H and O–H groups in total. The first-order valence-corrected chi connectivity index (χ1v) is 4.71. The lowest BCUT2D eigenvalue weighted by Gasteiger charge is -2.09. The maximum Gasteiger partial charge on any atom is 0.125 e. The van der Waals surface area contributed by atoms with Crippen molar-refractivity contribution in [1.29, 1.82) is 0 Å². The molecule has 1 aromatic carbocycles. The molecule has 0 spiro atoms. The normalized spacial score (nSPS) is 22.2. The van der Waals surface area contributed by atoms with Crippen molar-refractivity contribution in [3.05, 3.63) is 34.6 Å². The van der Waals surface area contributed by atoms with Crippen molar-refractivity contribution in [3.63, 3.8) is 0 Å². The molecule has 1 saturated heterocycles. The molecule has 0 saturated carbocycles. The van der Waals surface area contributed by atoms with Gasteiger partial charge in [0.05, 0.1) is 6.10 Å². The van der Waals surface area contributed by atoms with Crippen LogP contribution in [0, 0.1) is 5.82 Å². The van der Waals surface area contributed by atoms with Gasteiger partial charge in [0, 0.05) is 11.6 Å². The maximum atomic E-state index is 12.9. The van der Waals surface area contributed by atoms with E-state index >= 15 is 0 Å². The second kappa shape index (κ2) is 3.64. The van der Waals surface area contributed by atoms with Crippen LogP contribution in [-0.4, -0.2) is 6.61 Å². The molecule has 0 aromatic heterocycles. The third-order valence-electron chi connectivity index (χ3n) is 2.19. The van der Waals surface area contributed by atoms with Gasteiger partial charge in [0.25, 0.3) is 0 Å². The van der Waals surface area contributed by atoms with Crippen LogP contribution in [0.5, 0.6) is 0 Å². The Morgan fingerprint density at radius 1 is 1.38 bits per heavy atom. The summed E-state index contributed by atoms with van der Waals surface area (Å²) in [6, 6.07) is 4.56. The van der Waals surface area contributed by atoms with Crippen LogP contribution in [0.2, 0.25) is 5.02 Å². The Balaban J connectivity index is 2.28. The largest absolute Gasteiger partial charge is 0.374 e. The Hall–Kier alpha value is -0.600. The Kier molecular flexibility index (Phi) is 2.51. The van der Waals surface area contributed by atoms with Crippen LogP contribution in [0.15, 0.2) is 18.2 Å². The number of benzene rings is 1. The van der Waals surface area contributed by atoms with Crippen molar-refractivity contribution >= 4 is 11.6 Å². The number of hydrogen-bond acceptors (Lipinski definition) is 1. The fourth-order valence-electron chi connectivity index (χ4n) is 1.60. The van der Waals surface area contributed by atoms with Gasteiger partial charge in [-0.2, -0.15) is 0 Å². The Bertz CT molecular complexity index is 288. The van der Waals surface area contributed by atoms with Crippen LogP contribution in [0.4, 0.5) is 4.39 Å². The van der Waals surface area contributed by atoms with E-state index in [0.717, 1.165) is 25.0 Å². The van der Waals surface area contributed by atoms with Crippen LogP contribution < -0.4 is 0 Å². The van der Waals surface area contributed by atoms with Crippen LogP contribution >= 0.6 is 11.6 Å². The molecule has 0 radical (unpaired) electrons. The molecule has 1 unspecified atom stereocenters. The Morgan fingerprint density at radius 3 is 2.85 bits per heavy atom. The smallest absolute Gasteiger partial charge is 0.125 e. The highest BCUT2D eigenvalue weighted by atomic mass is 35.5. The lowest BCUT2D eigenvalue weighted by atomic mass is 10.1. The second-order valence-corrected chi connectivity index (χ2v) is 3.64. The minimum atomic E-state index is -0.294. The maximum absolute atomic E-state index is 12.9. The molecule has 1 aliphatic heterocycles. The van der Waals surface area contributed by atoms with E-state index in [9.17, 15) is 4.39 Å². The molecule has 1 nitrogen and oxygen atoms in total. The molecular formula is C10H10ClFO. The third kappa shape index (κ3) is 2.01. The highest BCUT2D eigenvalue weighted by molar-refractivity contribution is 6.30. The van der Waals surface area contributed by atoms with Crippen LogP contribution in [0.25, 0.3) is 0 Å². The number of halogens is 2. The van der Waals surface area contributed by atoms with Gasteiger partial charge in [-0.1, -0.05) is 11.6 Å². The molecule has 13 heavy (non-hydrogen) atoms. The molecular weight excluding hydrogens is 191 g/mol. The highest BCUT2D eigenvalue weighted by Crippen LogP contribution is 2.30. The average Bonchev–Trinajstić information content (AvgIpc) is 2.53. The standard InChI is InChI=1S/C10H10ClFO/c11-8-4-7(5-9(12)6-8)10-2-1-3-13-10/h4-6,10H,1-3H2. The second-order valence-electron chi connectivity index (χ2n) is 3.20. The summed E-state index contributed by atoms with van der Waals surface area (Å²) in [5, 5.41) is 0.436. The van der Waals surface area contributed by atoms with Crippen molar-refractivity contribution < 1.29 is 9.13 Å². The summed E-state index contributed by atoms with van der Waals surface area (Å²) < 4.78 is 18.4. The first-order valence-electron chi connectivity index (χ1n) is 4.33. The van der Waals surface area contributed by atoms with E-state index in [1.54, 1.807) is 6.07 Å². The number of ether oxygens (including phenoxy) is 1. The zero-order valence-corrected chi connectivity index (χ0v) is 7.85. The zero-order valence-electron chi connectivity index (χ0n) is 7.09. The molecule has 70 valence electrons. The lowest BCUT2D eigenvalue weighted by molar-refractivity contribution is 0.111. The van der Waals surface area contributed by atoms with Gasteiger partial charge in [0.1, 0.15) is 5.82 Å². The molecule has 1 atom stereocenters. The predicted octanol–water partition coefficient (Wildman–Crippen LogP) is 3.33. The van der Waals surface area contributed by atoms with Gasteiger partial charge in [-0.25, -0.2) is 4.39 Å². The highest BCUT2D eigenvalue weighted by Gasteiger charge is 2.18. The van der Waals surface area contributed by atoms with Gasteiger partial charge in [-0.3, -0.25) is 0 Å². The molecule has 1 aromatic rings. The van der Waals surface area contributed by atoms with Crippen molar-refractivity contribution in [2.45, 2.75) is 18.9 Å². The summed E-state index contributed by atoms with van der Waals surface area (Å²) in [6.45, 7) is 0.763. The average molecular weight is 201 g/mol. The van der Waals surface area contributed by atoms with Crippen molar-refractivity contribution in [3.8, 4) is 0 Å². The van der Waals surface area contributed by atoms with Crippen LogP contribution in [0.3, 0.4) is 0 Å². The van der Waals surface area contributed by atoms with Gasteiger partial charge < -0.3 is 4.74 Å². The Morgan fingerprint density at radius 2 is 2.23 bits per heavy atom. The molecule has 0 bridgehead atoms. The van der Waals surface area contributed by atoms with E-state index in [4.69, 9.17) is 16.3 Å². The van der Waals surface area contributed by atoms with E-state index in [2.05, 4.69) is 0 Å². The lowest BCUT2D eigenvalue weighted by Crippen LogP contribution is -1.96. The molecule has 0 aliphatic carbocycles. The monoisotopic (exact) mass is 200 g/mol. The van der Waals surface area contributed by atoms with E-state index in [1.807, 2.05) is 0 Å². The summed E-state index contributed by atoms with van der Waals surface area (Å²) in [7, 11) is 0. The van der Waals surface area contributed by atoms with Crippen LogP contribution in [-0.2, 0) is 4.74 Å². The SMILES string of the molecule is Fc1cc(Cl)cc(C2CCCO2)c1. The van der Waals surface area contributed by atoms with E-state index in [-0.39, 0.29) is 11.9 Å². The quantitative estimate of drug-likeness (QED) is 0.676. The van der Waals surface area contributed by atoms with E-state index in [1.165, 1.54) is 12.1 Å². The summed E-state index contributed by atoms with van der Waals surface area (Å²) in [5.74, 6) is -0.294. The van der Waals surface area contributed by atoms with Gasteiger partial charge in [-0.05, 0) is 36.6 Å². The van der Waals surface area contributed by atoms with Gasteiger partial charge in [-0.15, -0.1) is 0 Å². The fourth-order valence-corrected chi connectivity index (χ4v) is 1.83. The number of rotatable bonds is 1. The fraction of sp³-hybridized carbons (Fsp3) is 0.400. The molecule has 1 heterocycles. The predicted molar refractivity (Wildman–Crippen MR) is 49.3 cm³/mol. The van der Waals surface area contributed by atoms with E-state index in [0.29, 0.717) is 5.02 Å². The number of hydrogen-bond donors (Lipinski definition) is 0. The minimum Gasteiger partial charge on any atom is -0.374 e. The van der Waals surface area contributed by atoms with Crippen LogP contribution in [0.1, 0.15) is 24.5 Å². The minimum absolute atomic E-state index is 0.0354. The van der Waals surface area contributed by atoms with Crippen molar-refractivity contribution in [1.82, 2.24) is 0 Å². The van der Waals surface area contributed by atoms with Crippen molar-refractivity contribution in [2.24, 2.45) is 0 Å². The topological polar surface area (TPSA) is 9.23 Å². The van der Waals surface area contributed by atoms with Gasteiger partial charge in [0.15, 0.2) is 0 Å². The summed E-state index contributed by atoms with van der Waals surface area (Å²) in [6.07, 6.45) is 2.03.